The maximum absolute atomic E-state index is 12.9. The van der Waals surface area contributed by atoms with Crippen LogP contribution in [0.4, 0.5) is 0 Å². The number of aliphatic hydroxyl groups is 2. The molecule has 0 aliphatic rings. The molecule has 0 saturated heterocycles. The Labute approximate surface area is 173 Å². The summed E-state index contributed by atoms with van der Waals surface area (Å²) in [7, 11) is 0. The first kappa shape index (κ1) is 27.1. The Balaban J connectivity index is 5.01. The van der Waals surface area contributed by atoms with E-state index in [0.717, 1.165) is 38.5 Å². The first-order chi connectivity index (χ1) is 13.2. The third-order valence-corrected chi connectivity index (χ3v) is 5.11. The predicted octanol–water partition coefficient (Wildman–Crippen LogP) is 5.94. The van der Waals surface area contributed by atoms with E-state index in [9.17, 15) is 15.0 Å². The molecule has 0 rings (SSSR count). The van der Waals surface area contributed by atoms with Crippen molar-refractivity contribution in [1.29, 1.82) is 0 Å². The van der Waals surface area contributed by atoms with Crippen LogP contribution >= 0.6 is 0 Å². The topological polar surface area (TPSA) is 66.8 Å². The third-order valence-electron chi connectivity index (χ3n) is 5.11. The largest absolute Gasteiger partial charge is 0.459 e. The van der Waals surface area contributed by atoms with Crippen LogP contribution < -0.4 is 0 Å². The molecule has 4 nitrogen and oxygen atoms in total. The number of carbonyl (C=O) groups is 1. The number of rotatable bonds is 16. The summed E-state index contributed by atoms with van der Waals surface area (Å²) in [4.78, 5) is 12.9. The number of ether oxygens (including phenoxy) is 1. The van der Waals surface area contributed by atoms with Gasteiger partial charge >= 0.3 is 5.97 Å². The molecule has 0 amide bonds. The smallest absolute Gasteiger partial charge is 0.321 e. The van der Waals surface area contributed by atoms with E-state index in [1.165, 1.54) is 32.1 Å². The van der Waals surface area contributed by atoms with Crippen molar-refractivity contribution in [3.63, 3.8) is 0 Å². The summed E-state index contributed by atoms with van der Waals surface area (Å²) < 4.78 is 5.56. The number of esters is 1. The number of aliphatic hydroxyl groups excluding tert-OH is 2. The van der Waals surface area contributed by atoms with Gasteiger partial charge in [0, 0.05) is 0 Å². The van der Waals surface area contributed by atoms with Crippen LogP contribution in [-0.2, 0) is 9.53 Å². The quantitative estimate of drug-likeness (QED) is 0.192. The second-order valence-electron chi connectivity index (χ2n) is 9.02. The van der Waals surface area contributed by atoms with Crippen molar-refractivity contribution in [2.75, 3.05) is 6.61 Å². The van der Waals surface area contributed by atoms with E-state index in [1.54, 1.807) is 6.08 Å². The third kappa shape index (κ3) is 11.2. The van der Waals surface area contributed by atoms with Crippen LogP contribution in [0.5, 0.6) is 0 Å². The molecule has 0 aromatic heterocycles. The van der Waals surface area contributed by atoms with Gasteiger partial charge in [-0.3, -0.25) is 4.79 Å². The van der Waals surface area contributed by atoms with Gasteiger partial charge in [-0.05, 0) is 40.0 Å². The van der Waals surface area contributed by atoms with E-state index >= 15 is 0 Å². The predicted molar refractivity (Wildman–Crippen MR) is 117 cm³/mol. The molecule has 0 radical (unpaired) electrons. The highest BCUT2D eigenvalue weighted by molar-refractivity contribution is 5.80. The summed E-state index contributed by atoms with van der Waals surface area (Å²) in [6.07, 6.45) is 15.3. The summed E-state index contributed by atoms with van der Waals surface area (Å²) >= 11 is 0. The summed E-state index contributed by atoms with van der Waals surface area (Å²) in [5.41, 5.74) is -2.03. The minimum absolute atomic E-state index is 0.440. The van der Waals surface area contributed by atoms with Crippen molar-refractivity contribution in [2.24, 2.45) is 5.41 Å². The molecule has 0 aliphatic carbocycles. The molecule has 2 atom stereocenters. The molecule has 0 aromatic carbocycles. The van der Waals surface area contributed by atoms with Gasteiger partial charge in [-0.15, -0.1) is 0 Å². The van der Waals surface area contributed by atoms with Gasteiger partial charge in [-0.25, -0.2) is 0 Å². The van der Waals surface area contributed by atoms with Crippen LogP contribution in [0, 0.1) is 5.41 Å². The number of hydrogen-bond acceptors (Lipinski definition) is 4. The first-order valence-electron chi connectivity index (χ1n) is 11.4. The molecule has 28 heavy (non-hydrogen) atoms. The van der Waals surface area contributed by atoms with Gasteiger partial charge in [0.15, 0.2) is 0 Å². The highest BCUT2D eigenvalue weighted by Crippen LogP contribution is 2.32. The normalized spacial score (nSPS) is 15.5. The fraction of sp³-hybridized carbons (Fsp3) is 0.875. The second kappa shape index (κ2) is 15.0. The monoisotopic (exact) mass is 398 g/mol. The van der Waals surface area contributed by atoms with Gasteiger partial charge in [0.25, 0.3) is 0 Å². The molecule has 0 aliphatic heterocycles. The van der Waals surface area contributed by atoms with Gasteiger partial charge in [0.1, 0.15) is 11.0 Å². The molecular formula is C24H46O4. The summed E-state index contributed by atoms with van der Waals surface area (Å²) in [6.45, 7) is 9.34. The van der Waals surface area contributed by atoms with Crippen LogP contribution in [0.1, 0.15) is 112 Å². The minimum atomic E-state index is -1.37. The number of unbranched alkanes of at least 4 members (excludes halogenated alkanes) is 9. The minimum Gasteiger partial charge on any atom is -0.459 e. The maximum atomic E-state index is 12.9. The molecule has 166 valence electrons. The lowest BCUT2D eigenvalue weighted by molar-refractivity contribution is -0.174. The van der Waals surface area contributed by atoms with Gasteiger partial charge in [-0.2, -0.15) is 0 Å². The van der Waals surface area contributed by atoms with E-state index in [-0.39, 0.29) is 0 Å². The number of hydrogen-bond donors (Lipinski definition) is 2. The lowest BCUT2D eigenvalue weighted by Gasteiger charge is -2.34. The summed E-state index contributed by atoms with van der Waals surface area (Å²) in [6, 6.07) is 0. The number of carbonyl (C=O) groups excluding carboxylic acids is 1. The Morgan fingerprint density at radius 1 is 0.929 bits per heavy atom. The molecule has 0 spiro atoms. The van der Waals surface area contributed by atoms with E-state index in [1.807, 2.05) is 26.8 Å². The molecule has 0 saturated carbocycles. The van der Waals surface area contributed by atoms with Crippen molar-refractivity contribution >= 4 is 5.97 Å². The van der Waals surface area contributed by atoms with Crippen molar-refractivity contribution < 1.29 is 19.7 Å². The fourth-order valence-corrected chi connectivity index (χ4v) is 3.27. The Bertz CT molecular complexity index is 425. The second-order valence-corrected chi connectivity index (χ2v) is 9.02. The van der Waals surface area contributed by atoms with Gasteiger partial charge in [0.2, 0.25) is 0 Å². The lowest BCUT2D eigenvalue weighted by Crippen LogP contribution is -2.47. The first-order valence-corrected chi connectivity index (χ1v) is 11.4. The highest BCUT2D eigenvalue weighted by Gasteiger charge is 2.45. The van der Waals surface area contributed by atoms with Crippen molar-refractivity contribution in [1.82, 2.24) is 0 Å². The molecular weight excluding hydrogens is 352 g/mol. The zero-order valence-electron chi connectivity index (χ0n) is 19.1. The van der Waals surface area contributed by atoms with Crippen molar-refractivity contribution in [3.05, 3.63) is 12.2 Å². The molecule has 0 unspecified atom stereocenters. The van der Waals surface area contributed by atoms with Crippen molar-refractivity contribution in [3.8, 4) is 0 Å². The lowest BCUT2D eigenvalue weighted by atomic mass is 9.79. The van der Waals surface area contributed by atoms with Crippen LogP contribution in [0.2, 0.25) is 0 Å². The van der Waals surface area contributed by atoms with Gasteiger partial charge in [-0.1, -0.05) is 83.8 Å². The van der Waals surface area contributed by atoms with E-state index in [4.69, 9.17) is 4.74 Å². The Hall–Kier alpha value is -0.870. The molecule has 4 heteroatoms. The fourth-order valence-electron chi connectivity index (χ4n) is 3.27. The standard InChI is InChI=1S/C24H46O4/c1-6-8-10-12-14-16-18-21(26)24(20-25,22(27)28-23(3,4)5)19-17-15-13-11-9-7-2/h17,19,21,25-26H,6-16,18,20H2,1-5H3/b19-17+/t21-,24-/m0/s1. The molecule has 0 heterocycles. The molecule has 0 aromatic rings. The van der Waals surface area contributed by atoms with Crippen LogP contribution in [0.25, 0.3) is 0 Å². The Morgan fingerprint density at radius 3 is 2.00 bits per heavy atom. The summed E-state index contributed by atoms with van der Waals surface area (Å²) in [5, 5.41) is 21.0. The average Bonchev–Trinajstić information content (AvgIpc) is 2.62. The number of allylic oxidation sites excluding steroid dienone is 1. The molecule has 2 N–H and O–H groups in total. The van der Waals surface area contributed by atoms with Crippen molar-refractivity contribution in [2.45, 2.75) is 123 Å². The average molecular weight is 399 g/mol. The molecule has 0 bridgehead atoms. The van der Waals surface area contributed by atoms with Crippen LogP contribution in [0.15, 0.2) is 12.2 Å². The SMILES string of the molecule is CCCCCC/C=C/[C@@](CO)(C(=O)OC(C)(C)C)[C@@H](O)CCCCCCCC. The van der Waals surface area contributed by atoms with E-state index in [0.29, 0.717) is 6.42 Å². The van der Waals surface area contributed by atoms with Gasteiger partial charge in [0.05, 0.1) is 12.7 Å². The summed E-state index contributed by atoms with van der Waals surface area (Å²) in [5.74, 6) is -0.536. The van der Waals surface area contributed by atoms with E-state index in [2.05, 4.69) is 13.8 Å². The maximum Gasteiger partial charge on any atom is 0.321 e. The van der Waals surface area contributed by atoms with Gasteiger partial charge < -0.3 is 14.9 Å². The zero-order chi connectivity index (χ0) is 21.5. The van der Waals surface area contributed by atoms with Crippen LogP contribution in [-0.4, -0.2) is 34.5 Å². The highest BCUT2D eigenvalue weighted by atomic mass is 16.6. The zero-order valence-corrected chi connectivity index (χ0v) is 19.1. The Morgan fingerprint density at radius 2 is 1.46 bits per heavy atom. The molecule has 0 fully saturated rings. The Kier molecular flexibility index (Phi) is 14.6. The van der Waals surface area contributed by atoms with Crippen LogP contribution in [0.3, 0.4) is 0 Å². The van der Waals surface area contributed by atoms with E-state index < -0.39 is 29.7 Å².